The maximum atomic E-state index is 14.2. The Bertz CT molecular complexity index is 1160. The van der Waals surface area contributed by atoms with Crippen LogP contribution < -0.4 is 0 Å². The molecule has 0 spiro atoms. The topological polar surface area (TPSA) is 93.4 Å². The average Bonchev–Trinajstić information content (AvgIpc) is 3.16. The number of halogens is 1. The van der Waals surface area contributed by atoms with Crippen LogP contribution in [-0.2, 0) is 16.1 Å². The Morgan fingerprint density at radius 3 is 2.39 bits per heavy atom. The fourth-order valence-corrected chi connectivity index (χ4v) is 4.37. The van der Waals surface area contributed by atoms with Gasteiger partial charge in [0.05, 0.1) is 17.5 Å². The molecule has 0 fully saturated rings. The molecule has 0 aliphatic carbocycles. The first-order valence-electron chi connectivity index (χ1n) is 10.8. The van der Waals surface area contributed by atoms with Crippen LogP contribution in [-0.4, -0.2) is 34.5 Å². The highest BCUT2D eigenvalue weighted by molar-refractivity contribution is 6.20. The number of fused-ring (bicyclic) bond motifs is 3. The average molecular weight is 454 g/mol. The molecule has 2 heterocycles. The third-order valence-electron chi connectivity index (χ3n) is 5.61. The Hall–Kier alpha value is -3.61. The van der Waals surface area contributed by atoms with Gasteiger partial charge in [0.2, 0.25) is 0 Å². The van der Waals surface area contributed by atoms with E-state index in [0.717, 1.165) is 18.1 Å². The Morgan fingerprint density at radius 2 is 1.82 bits per heavy atom. The molecule has 6 nitrogen and oxygen atoms in total. The van der Waals surface area contributed by atoms with Crippen molar-refractivity contribution >= 4 is 35.7 Å². The Kier molecular flexibility index (Phi) is 8.79. The van der Waals surface area contributed by atoms with Gasteiger partial charge < -0.3 is 14.5 Å². The van der Waals surface area contributed by atoms with E-state index in [-0.39, 0.29) is 23.7 Å². The minimum Gasteiger partial charge on any atom is -0.481 e. The van der Waals surface area contributed by atoms with Crippen LogP contribution in [0.4, 0.5) is 4.39 Å². The fraction of sp³-hybridized carbons (Fsp3) is 0.308. The maximum Gasteiger partial charge on any atom is 0.304 e. The number of aromatic nitrogens is 1. The summed E-state index contributed by atoms with van der Waals surface area (Å²) in [6.07, 6.45) is 1.77. The molecule has 1 N–H and O–H groups in total. The number of rotatable bonds is 5. The molecule has 4 rings (SSSR count). The second-order valence-electron chi connectivity index (χ2n) is 7.55. The lowest BCUT2D eigenvalue weighted by Gasteiger charge is -2.25. The zero-order valence-electron chi connectivity index (χ0n) is 19.1. The predicted molar refractivity (Wildman–Crippen MR) is 125 cm³/mol. The lowest BCUT2D eigenvalue weighted by atomic mass is 9.87. The molecule has 7 heteroatoms. The molecule has 0 unspecified atom stereocenters. The predicted octanol–water partition coefficient (Wildman–Crippen LogP) is 5.33. The number of aliphatic carboxylic acids is 1. The van der Waals surface area contributed by atoms with Crippen LogP contribution in [0, 0.1) is 12.7 Å². The van der Waals surface area contributed by atoms with Crippen LogP contribution in [0.1, 0.15) is 76.6 Å². The van der Waals surface area contributed by atoms with Crippen LogP contribution in [0.25, 0.3) is 10.9 Å². The summed E-state index contributed by atoms with van der Waals surface area (Å²) >= 11 is 0. The molecule has 0 saturated carbocycles. The molecule has 2 aromatic carbocycles. The van der Waals surface area contributed by atoms with Crippen molar-refractivity contribution in [3.05, 3.63) is 70.2 Å². The minimum atomic E-state index is -0.954. The van der Waals surface area contributed by atoms with Crippen LogP contribution in [0.15, 0.2) is 36.4 Å². The standard InChI is InChI=1S/C23H20FNO4.C2H6.CH2O/c1-13-4-6-14(7-5-13)23(29)21-20-16(12-26)9-17(24)11-18(20)25-8-2-3-15(22(21)25)10-19(27)28;2*1-2/h4-7,9,11-12,15H,2-3,8,10H2,1H3,(H,27,28);1-2H3;1H2/t15-;;/m1../s1. The fourth-order valence-electron chi connectivity index (χ4n) is 4.37. The first-order chi connectivity index (χ1) is 15.9. The van der Waals surface area contributed by atoms with Crippen molar-refractivity contribution in [1.29, 1.82) is 0 Å². The van der Waals surface area contributed by atoms with E-state index in [4.69, 9.17) is 4.79 Å². The van der Waals surface area contributed by atoms with Gasteiger partial charge in [0.1, 0.15) is 12.6 Å². The smallest absolute Gasteiger partial charge is 0.304 e. The summed E-state index contributed by atoms with van der Waals surface area (Å²) in [4.78, 5) is 44.7. The van der Waals surface area contributed by atoms with Crippen molar-refractivity contribution in [2.24, 2.45) is 0 Å². The zero-order valence-corrected chi connectivity index (χ0v) is 19.1. The Labute approximate surface area is 192 Å². The van der Waals surface area contributed by atoms with Gasteiger partial charge in [-0.15, -0.1) is 0 Å². The number of hydrogen-bond donors (Lipinski definition) is 1. The summed E-state index contributed by atoms with van der Waals surface area (Å²) in [6.45, 7) is 8.46. The molecular formula is C26H28FNO5. The first-order valence-corrected chi connectivity index (χ1v) is 10.8. The number of ketones is 1. The second-order valence-corrected chi connectivity index (χ2v) is 7.55. The van der Waals surface area contributed by atoms with Gasteiger partial charge in [0.15, 0.2) is 12.1 Å². The molecule has 174 valence electrons. The van der Waals surface area contributed by atoms with E-state index in [1.807, 2.05) is 44.3 Å². The Morgan fingerprint density at radius 1 is 1.18 bits per heavy atom. The van der Waals surface area contributed by atoms with E-state index in [9.17, 15) is 23.9 Å². The van der Waals surface area contributed by atoms with Gasteiger partial charge in [0, 0.05) is 34.7 Å². The van der Waals surface area contributed by atoms with Crippen molar-refractivity contribution in [2.45, 2.75) is 52.5 Å². The number of carboxylic acid groups (broad SMARTS) is 1. The molecule has 0 saturated heterocycles. The molecule has 1 aliphatic heterocycles. The zero-order chi connectivity index (χ0) is 24.7. The summed E-state index contributed by atoms with van der Waals surface area (Å²) in [6, 6.07) is 9.53. The first kappa shape index (κ1) is 25.6. The lowest BCUT2D eigenvalue weighted by molar-refractivity contribution is -0.137. The number of aldehydes is 1. The van der Waals surface area contributed by atoms with E-state index < -0.39 is 11.8 Å². The lowest BCUT2D eigenvalue weighted by Crippen LogP contribution is -2.20. The van der Waals surface area contributed by atoms with Crippen molar-refractivity contribution in [3.63, 3.8) is 0 Å². The molecule has 0 radical (unpaired) electrons. The van der Waals surface area contributed by atoms with Crippen molar-refractivity contribution in [3.8, 4) is 0 Å². The van der Waals surface area contributed by atoms with Gasteiger partial charge in [-0.1, -0.05) is 43.7 Å². The van der Waals surface area contributed by atoms with Crippen LogP contribution in [0.3, 0.4) is 0 Å². The molecule has 1 atom stereocenters. The van der Waals surface area contributed by atoms with Gasteiger partial charge in [-0.2, -0.15) is 0 Å². The number of hydrogen-bond acceptors (Lipinski definition) is 4. The number of carboxylic acids is 1. The minimum absolute atomic E-state index is 0.103. The van der Waals surface area contributed by atoms with Crippen molar-refractivity contribution in [2.75, 3.05) is 0 Å². The van der Waals surface area contributed by atoms with E-state index in [1.165, 1.54) is 6.07 Å². The molecule has 1 aromatic heterocycles. The largest absolute Gasteiger partial charge is 0.481 e. The van der Waals surface area contributed by atoms with Gasteiger partial charge >= 0.3 is 5.97 Å². The van der Waals surface area contributed by atoms with Crippen LogP contribution in [0.2, 0.25) is 0 Å². The van der Waals surface area contributed by atoms with E-state index in [2.05, 4.69) is 0 Å². The normalized spacial score (nSPS) is 14.2. The molecule has 1 aliphatic rings. The molecule has 3 aromatic rings. The van der Waals surface area contributed by atoms with Crippen LogP contribution >= 0.6 is 0 Å². The van der Waals surface area contributed by atoms with E-state index >= 15 is 0 Å². The SMILES string of the molecule is C=O.CC.Cc1ccc(C(=O)c2c3n(c4cc(F)cc(C=O)c24)CCC[C@@H]3CC(=O)O)cc1. The third kappa shape index (κ3) is 5.08. The number of carbonyl (C=O) groups excluding carboxylic acids is 3. The highest BCUT2D eigenvalue weighted by atomic mass is 19.1. The molecule has 33 heavy (non-hydrogen) atoms. The highest BCUT2D eigenvalue weighted by Crippen LogP contribution is 2.41. The van der Waals surface area contributed by atoms with E-state index in [1.54, 1.807) is 12.1 Å². The summed E-state index contributed by atoms with van der Waals surface area (Å²) in [5.74, 6) is -2.17. The van der Waals surface area contributed by atoms with Crippen molar-refractivity contribution < 1.29 is 28.7 Å². The van der Waals surface area contributed by atoms with Gasteiger partial charge in [0.25, 0.3) is 0 Å². The number of benzene rings is 2. The monoisotopic (exact) mass is 453 g/mol. The summed E-state index contributed by atoms with van der Waals surface area (Å²) in [5, 5.41) is 9.78. The maximum absolute atomic E-state index is 14.2. The Balaban J connectivity index is 0.000000914. The number of nitrogens with zero attached hydrogens (tertiary/aromatic N) is 1. The van der Waals surface area contributed by atoms with Crippen molar-refractivity contribution in [1.82, 2.24) is 4.57 Å². The second kappa shape index (κ2) is 11.3. The summed E-state index contributed by atoms with van der Waals surface area (Å²) < 4.78 is 16.0. The van der Waals surface area contributed by atoms with Crippen LogP contribution in [0.5, 0.6) is 0 Å². The molecular weight excluding hydrogens is 425 g/mol. The number of aryl methyl sites for hydroxylation is 2. The third-order valence-corrected chi connectivity index (χ3v) is 5.61. The molecule has 0 bridgehead atoms. The van der Waals surface area contributed by atoms with Gasteiger partial charge in [-0.05, 0) is 31.9 Å². The summed E-state index contributed by atoms with van der Waals surface area (Å²) in [7, 11) is 0. The highest BCUT2D eigenvalue weighted by Gasteiger charge is 2.33. The quantitative estimate of drug-likeness (QED) is 0.417. The summed E-state index contributed by atoms with van der Waals surface area (Å²) in [5.41, 5.74) is 2.93. The van der Waals surface area contributed by atoms with Gasteiger partial charge in [-0.3, -0.25) is 14.4 Å². The number of carbonyl (C=O) groups is 4. The van der Waals surface area contributed by atoms with Gasteiger partial charge in [-0.25, -0.2) is 4.39 Å². The van der Waals surface area contributed by atoms with E-state index in [0.29, 0.717) is 47.0 Å². The molecule has 0 amide bonds.